The Balaban J connectivity index is 1.97. The van der Waals surface area contributed by atoms with E-state index < -0.39 is 11.8 Å². The summed E-state index contributed by atoms with van der Waals surface area (Å²) in [5.41, 5.74) is 0.324. The molecular weight excluding hydrogens is 329 g/mol. The molecule has 1 aliphatic rings. The minimum absolute atomic E-state index is 0.125. The second kappa shape index (κ2) is 6.35. The first-order valence-electron chi connectivity index (χ1n) is 6.43. The quantitative estimate of drug-likeness (QED) is 0.914. The third kappa shape index (κ3) is 3.56. The highest BCUT2D eigenvalue weighted by molar-refractivity contribution is 9.10. The first-order valence-corrected chi connectivity index (χ1v) is 7.23. The van der Waals surface area contributed by atoms with Crippen LogP contribution in [0.2, 0.25) is 0 Å². The fourth-order valence-electron chi connectivity index (χ4n) is 2.39. The summed E-state index contributed by atoms with van der Waals surface area (Å²) in [6, 6.07) is 4.32. The number of carboxylic acids is 1. The lowest BCUT2D eigenvalue weighted by Gasteiger charge is -2.16. The molecule has 1 aliphatic heterocycles. The monoisotopic (exact) mass is 343 g/mol. The number of likely N-dealkylation sites (tertiary alicyclic amines) is 1. The highest BCUT2D eigenvalue weighted by Crippen LogP contribution is 2.24. The molecule has 1 heterocycles. The molecule has 20 heavy (non-hydrogen) atoms. The van der Waals surface area contributed by atoms with Crippen LogP contribution in [-0.4, -0.2) is 35.0 Å². The van der Waals surface area contributed by atoms with Gasteiger partial charge in [0, 0.05) is 25.1 Å². The van der Waals surface area contributed by atoms with E-state index >= 15 is 0 Å². The molecule has 0 radical (unpaired) electrons. The van der Waals surface area contributed by atoms with Gasteiger partial charge in [-0.2, -0.15) is 0 Å². The van der Waals surface area contributed by atoms with Gasteiger partial charge in [-0.1, -0.05) is 0 Å². The molecule has 2 rings (SSSR count). The SMILES string of the molecule is O=C(O)CCC1CCN(C(=O)c2ccc(Br)c(F)c2)C1. The van der Waals surface area contributed by atoms with Gasteiger partial charge in [0.25, 0.3) is 5.91 Å². The summed E-state index contributed by atoms with van der Waals surface area (Å²) < 4.78 is 13.8. The summed E-state index contributed by atoms with van der Waals surface area (Å²) in [6.07, 6.45) is 1.51. The van der Waals surface area contributed by atoms with Gasteiger partial charge in [0.2, 0.25) is 0 Å². The first kappa shape index (κ1) is 15.0. The number of carboxylic acid groups (broad SMARTS) is 1. The third-order valence-electron chi connectivity index (χ3n) is 3.51. The molecule has 1 aromatic carbocycles. The molecule has 108 valence electrons. The molecule has 1 aromatic rings. The standard InChI is InChI=1S/C14H15BrFNO3/c15-11-3-2-10(7-12(11)16)14(20)17-6-5-9(8-17)1-4-13(18)19/h2-3,7,9H,1,4-6,8H2,(H,18,19). The molecule has 6 heteroatoms. The Morgan fingerprint density at radius 3 is 2.85 bits per heavy atom. The van der Waals surface area contributed by atoms with Crippen LogP contribution in [-0.2, 0) is 4.79 Å². The van der Waals surface area contributed by atoms with Crippen molar-refractivity contribution in [2.75, 3.05) is 13.1 Å². The minimum atomic E-state index is -0.815. The van der Waals surface area contributed by atoms with Gasteiger partial charge in [-0.25, -0.2) is 4.39 Å². The lowest BCUT2D eigenvalue weighted by atomic mass is 10.0. The van der Waals surface area contributed by atoms with E-state index in [-0.39, 0.29) is 18.2 Å². The van der Waals surface area contributed by atoms with Crippen molar-refractivity contribution >= 4 is 27.8 Å². The number of aliphatic carboxylic acids is 1. The Morgan fingerprint density at radius 1 is 1.45 bits per heavy atom. The predicted molar refractivity (Wildman–Crippen MR) is 75.0 cm³/mol. The fraction of sp³-hybridized carbons (Fsp3) is 0.429. The maximum absolute atomic E-state index is 13.4. The van der Waals surface area contributed by atoms with E-state index in [2.05, 4.69) is 15.9 Å². The summed E-state index contributed by atoms with van der Waals surface area (Å²) >= 11 is 3.05. The van der Waals surface area contributed by atoms with Crippen molar-refractivity contribution in [3.05, 3.63) is 34.1 Å². The zero-order valence-corrected chi connectivity index (χ0v) is 12.4. The predicted octanol–water partition coefficient (Wildman–Crippen LogP) is 2.92. The first-order chi connectivity index (χ1) is 9.47. The number of hydrogen-bond acceptors (Lipinski definition) is 2. The molecule has 1 amide bonds. The van der Waals surface area contributed by atoms with Gasteiger partial charge in [0.1, 0.15) is 5.82 Å². The average Bonchev–Trinajstić information content (AvgIpc) is 2.87. The van der Waals surface area contributed by atoms with Crippen LogP contribution in [0, 0.1) is 11.7 Å². The van der Waals surface area contributed by atoms with Crippen molar-refractivity contribution in [3.8, 4) is 0 Å². The van der Waals surface area contributed by atoms with Crippen LogP contribution < -0.4 is 0 Å². The molecule has 0 saturated carbocycles. The van der Waals surface area contributed by atoms with E-state index in [1.165, 1.54) is 12.1 Å². The molecule has 1 atom stereocenters. The molecule has 4 nitrogen and oxygen atoms in total. The van der Waals surface area contributed by atoms with Gasteiger partial charge in [-0.05, 0) is 52.9 Å². The number of carbonyl (C=O) groups excluding carboxylic acids is 1. The smallest absolute Gasteiger partial charge is 0.303 e. The molecule has 1 N–H and O–H groups in total. The van der Waals surface area contributed by atoms with Gasteiger partial charge < -0.3 is 10.0 Å². The second-order valence-corrected chi connectivity index (χ2v) is 5.82. The molecular formula is C14H15BrFNO3. The van der Waals surface area contributed by atoms with Crippen LogP contribution >= 0.6 is 15.9 Å². The van der Waals surface area contributed by atoms with Gasteiger partial charge in [0.05, 0.1) is 4.47 Å². The highest BCUT2D eigenvalue weighted by Gasteiger charge is 2.27. The summed E-state index contributed by atoms with van der Waals surface area (Å²) in [4.78, 5) is 24.4. The van der Waals surface area contributed by atoms with Crippen LogP contribution in [0.25, 0.3) is 0 Å². The van der Waals surface area contributed by atoms with Crippen LogP contribution in [0.3, 0.4) is 0 Å². The number of benzene rings is 1. The maximum Gasteiger partial charge on any atom is 0.303 e. The second-order valence-electron chi connectivity index (χ2n) is 4.97. The zero-order valence-electron chi connectivity index (χ0n) is 10.8. The Morgan fingerprint density at radius 2 is 2.20 bits per heavy atom. The van der Waals surface area contributed by atoms with E-state index in [0.29, 0.717) is 29.5 Å². The number of halogens is 2. The molecule has 0 aliphatic carbocycles. The van der Waals surface area contributed by atoms with E-state index in [4.69, 9.17) is 5.11 Å². The van der Waals surface area contributed by atoms with E-state index in [1.807, 2.05) is 0 Å². The fourth-order valence-corrected chi connectivity index (χ4v) is 2.64. The Labute approximate surface area is 124 Å². The van der Waals surface area contributed by atoms with Gasteiger partial charge in [-0.15, -0.1) is 0 Å². The van der Waals surface area contributed by atoms with Crippen LogP contribution in [0.5, 0.6) is 0 Å². The maximum atomic E-state index is 13.4. The number of carbonyl (C=O) groups is 2. The van der Waals surface area contributed by atoms with Crippen molar-refractivity contribution in [3.63, 3.8) is 0 Å². The topological polar surface area (TPSA) is 57.6 Å². The molecule has 1 saturated heterocycles. The number of amides is 1. The Bertz CT molecular complexity index is 535. The van der Waals surface area contributed by atoms with Crippen molar-refractivity contribution in [2.24, 2.45) is 5.92 Å². The summed E-state index contributed by atoms with van der Waals surface area (Å²) in [5.74, 6) is -1.26. The Kier molecular flexibility index (Phi) is 4.75. The largest absolute Gasteiger partial charge is 0.481 e. The number of rotatable bonds is 4. The van der Waals surface area contributed by atoms with Gasteiger partial charge in [0.15, 0.2) is 0 Å². The normalized spacial score (nSPS) is 18.3. The van der Waals surface area contributed by atoms with Crippen LogP contribution in [0.4, 0.5) is 4.39 Å². The average molecular weight is 344 g/mol. The van der Waals surface area contributed by atoms with Gasteiger partial charge in [-0.3, -0.25) is 9.59 Å². The lowest BCUT2D eigenvalue weighted by molar-refractivity contribution is -0.137. The van der Waals surface area contributed by atoms with Crippen molar-refractivity contribution in [1.29, 1.82) is 0 Å². The van der Waals surface area contributed by atoms with Crippen molar-refractivity contribution in [1.82, 2.24) is 4.90 Å². The highest BCUT2D eigenvalue weighted by atomic mass is 79.9. The minimum Gasteiger partial charge on any atom is -0.481 e. The third-order valence-corrected chi connectivity index (χ3v) is 4.15. The van der Waals surface area contributed by atoms with Crippen molar-refractivity contribution in [2.45, 2.75) is 19.3 Å². The molecule has 1 fully saturated rings. The van der Waals surface area contributed by atoms with E-state index in [0.717, 1.165) is 6.42 Å². The summed E-state index contributed by atoms with van der Waals surface area (Å²) in [7, 11) is 0. The van der Waals surface area contributed by atoms with Crippen molar-refractivity contribution < 1.29 is 19.1 Å². The Hall–Kier alpha value is -1.43. The summed E-state index contributed by atoms with van der Waals surface area (Å²) in [5, 5.41) is 8.66. The molecule has 0 spiro atoms. The van der Waals surface area contributed by atoms with Gasteiger partial charge >= 0.3 is 5.97 Å². The molecule has 0 aromatic heterocycles. The summed E-state index contributed by atoms with van der Waals surface area (Å²) in [6.45, 7) is 1.14. The number of hydrogen-bond donors (Lipinski definition) is 1. The van der Waals surface area contributed by atoms with E-state index in [9.17, 15) is 14.0 Å². The van der Waals surface area contributed by atoms with E-state index in [1.54, 1.807) is 11.0 Å². The lowest BCUT2D eigenvalue weighted by Crippen LogP contribution is -2.28. The number of nitrogens with zero attached hydrogens (tertiary/aromatic N) is 1. The molecule has 0 bridgehead atoms. The van der Waals surface area contributed by atoms with Crippen LogP contribution in [0.15, 0.2) is 22.7 Å². The van der Waals surface area contributed by atoms with Crippen LogP contribution in [0.1, 0.15) is 29.6 Å². The zero-order chi connectivity index (χ0) is 14.7. The molecule has 1 unspecified atom stereocenters.